The molecule has 0 unspecified atom stereocenters. The number of phenolic OH excluding ortho intramolecular Hbond substituents is 1. The summed E-state index contributed by atoms with van der Waals surface area (Å²) in [5.41, 5.74) is -0.512. The van der Waals surface area contributed by atoms with Crippen molar-refractivity contribution >= 4 is 0 Å². The highest BCUT2D eigenvalue weighted by Crippen LogP contribution is 2.37. The van der Waals surface area contributed by atoms with Gasteiger partial charge in [-0.2, -0.15) is 18.2 Å². The minimum absolute atomic E-state index is 0.00393. The van der Waals surface area contributed by atoms with Gasteiger partial charge < -0.3 is 14.4 Å². The molecular formula is C16H12F3N3O3. The molecule has 0 spiro atoms. The largest absolute Gasteiger partial charge is 0.504 e. The Balaban J connectivity index is 1.92. The molecule has 0 bridgehead atoms. The van der Waals surface area contributed by atoms with Crippen LogP contribution in [0.2, 0.25) is 0 Å². The molecule has 1 N–H and O–H groups in total. The third-order valence-corrected chi connectivity index (χ3v) is 3.28. The number of phenols is 1. The number of pyridine rings is 1. The third-order valence-electron chi connectivity index (χ3n) is 3.28. The summed E-state index contributed by atoms with van der Waals surface area (Å²) in [7, 11) is 0. The average Bonchev–Trinajstić information content (AvgIpc) is 3.06. The number of nitrogens with zero attached hydrogens (tertiary/aromatic N) is 3. The molecule has 2 heterocycles. The Morgan fingerprint density at radius 3 is 2.64 bits per heavy atom. The van der Waals surface area contributed by atoms with E-state index in [4.69, 9.17) is 9.26 Å². The van der Waals surface area contributed by atoms with E-state index >= 15 is 0 Å². The fourth-order valence-electron chi connectivity index (χ4n) is 2.10. The van der Waals surface area contributed by atoms with Crippen molar-refractivity contribution in [3.8, 4) is 34.5 Å². The van der Waals surface area contributed by atoms with Gasteiger partial charge in [0.05, 0.1) is 17.7 Å². The zero-order chi connectivity index (χ0) is 18.0. The Kier molecular flexibility index (Phi) is 4.30. The summed E-state index contributed by atoms with van der Waals surface area (Å²) in [6.45, 7) is 2.13. The number of ether oxygens (including phenoxy) is 1. The van der Waals surface area contributed by atoms with Crippen LogP contribution in [0.25, 0.3) is 23.0 Å². The topological polar surface area (TPSA) is 81.3 Å². The van der Waals surface area contributed by atoms with Gasteiger partial charge in [-0.3, -0.25) is 4.98 Å². The van der Waals surface area contributed by atoms with Crippen molar-refractivity contribution in [3.63, 3.8) is 0 Å². The monoisotopic (exact) mass is 351 g/mol. The fraction of sp³-hybridized carbons (Fsp3) is 0.188. The van der Waals surface area contributed by atoms with Gasteiger partial charge in [-0.1, -0.05) is 11.2 Å². The summed E-state index contributed by atoms with van der Waals surface area (Å²) in [5, 5.41) is 13.9. The molecule has 0 aliphatic rings. The van der Waals surface area contributed by atoms with Crippen molar-refractivity contribution in [2.24, 2.45) is 0 Å². The molecule has 0 amide bonds. The average molecular weight is 351 g/mol. The maximum absolute atomic E-state index is 12.6. The van der Waals surface area contributed by atoms with Gasteiger partial charge in [-0.05, 0) is 31.2 Å². The minimum Gasteiger partial charge on any atom is -0.504 e. The van der Waals surface area contributed by atoms with E-state index in [1.165, 1.54) is 0 Å². The number of hydrogen-bond donors (Lipinski definition) is 1. The van der Waals surface area contributed by atoms with Crippen LogP contribution in [0.1, 0.15) is 12.5 Å². The van der Waals surface area contributed by atoms with Gasteiger partial charge in [0.2, 0.25) is 5.82 Å². The molecule has 0 saturated carbocycles. The molecule has 6 nitrogen and oxygen atoms in total. The summed E-state index contributed by atoms with van der Waals surface area (Å²) in [6.07, 6.45) is -3.78. The van der Waals surface area contributed by atoms with Crippen molar-refractivity contribution < 1.29 is 27.5 Å². The molecule has 3 aromatic rings. The number of aromatic nitrogens is 3. The van der Waals surface area contributed by atoms with E-state index in [2.05, 4.69) is 15.1 Å². The normalized spacial score (nSPS) is 11.5. The summed E-state index contributed by atoms with van der Waals surface area (Å²) in [6, 6.07) is 6.80. The Labute approximate surface area is 139 Å². The van der Waals surface area contributed by atoms with Crippen LogP contribution in [-0.2, 0) is 6.18 Å². The smallest absolute Gasteiger partial charge is 0.417 e. The first-order chi connectivity index (χ1) is 11.9. The van der Waals surface area contributed by atoms with Gasteiger partial charge in [-0.25, -0.2) is 0 Å². The summed E-state index contributed by atoms with van der Waals surface area (Å²) in [5.74, 6) is 0.0908. The van der Waals surface area contributed by atoms with Gasteiger partial charge in [0.25, 0.3) is 5.89 Å². The van der Waals surface area contributed by atoms with E-state index in [1.807, 2.05) is 0 Å². The van der Waals surface area contributed by atoms with E-state index in [-0.39, 0.29) is 34.5 Å². The Morgan fingerprint density at radius 2 is 2.00 bits per heavy atom. The van der Waals surface area contributed by atoms with Gasteiger partial charge in [0.15, 0.2) is 11.5 Å². The van der Waals surface area contributed by atoms with E-state index in [0.29, 0.717) is 12.8 Å². The molecule has 0 aliphatic heterocycles. The number of halogens is 3. The molecule has 0 saturated heterocycles. The number of benzene rings is 1. The highest BCUT2D eigenvalue weighted by molar-refractivity contribution is 5.68. The molecule has 9 heteroatoms. The molecule has 0 fully saturated rings. The van der Waals surface area contributed by atoms with Crippen LogP contribution in [0, 0.1) is 0 Å². The van der Waals surface area contributed by atoms with Crippen molar-refractivity contribution in [2.75, 3.05) is 6.61 Å². The first-order valence-corrected chi connectivity index (χ1v) is 7.22. The van der Waals surface area contributed by atoms with Crippen molar-refractivity contribution in [2.45, 2.75) is 13.1 Å². The van der Waals surface area contributed by atoms with Crippen molar-refractivity contribution in [1.82, 2.24) is 15.1 Å². The lowest BCUT2D eigenvalue weighted by Gasteiger charge is -2.07. The first-order valence-electron chi connectivity index (χ1n) is 7.22. The molecule has 3 rings (SSSR count). The molecule has 130 valence electrons. The SMILES string of the molecule is CCOc1cccc(-c2nc(-c3ccc(C(F)(F)F)cn3)no2)c1O. The summed E-state index contributed by atoms with van der Waals surface area (Å²) >= 11 is 0. The van der Waals surface area contributed by atoms with Crippen LogP contribution in [-0.4, -0.2) is 26.8 Å². The maximum atomic E-state index is 12.6. The van der Waals surface area contributed by atoms with E-state index < -0.39 is 11.7 Å². The van der Waals surface area contributed by atoms with Gasteiger partial charge in [0.1, 0.15) is 5.69 Å². The number of alkyl halides is 3. The zero-order valence-electron chi connectivity index (χ0n) is 12.9. The number of aromatic hydroxyl groups is 1. The lowest BCUT2D eigenvalue weighted by atomic mass is 10.2. The Bertz CT molecular complexity index is 876. The van der Waals surface area contributed by atoms with E-state index in [0.717, 1.165) is 12.1 Å². The Hall–Kier alpha value is -3.10. The fourth-order valence-corrected chi connectivity index (χ4v) is 2.10. The van der Waals surface area contributed by atoms with Crippen LogP contribution in [0.15, 0.2) is 41.1 Å². The lowest BCUT2D eigenvalue weighted by molar-refractivity contribution is -0.137. The van der Waals surface area contributed by atoms with Crippen molar-refractivity contribution in [1.29, 1.82) is 0 Å². The number of rotatable bonds is 4. The van der Waals surface area contributed by atoms with Crippen LogP contribution >= 0.6 is 0 Å². The van der Waals surface area contributed by atoms with Crippen LogP contribution in [0.4, 0.5) is 13.2 Å². The molecule has 0 aliphatic carbocycles. The first kappa shape index (κ1) is 16.7. The standard InChI is InChI=1S/C16H12F3N3O3/c1-2-24-12-5-3-4-10(13(12)23)15-21-14(22-25-15)11-7-6-9(8-20-11)16(17,18)19/h3-8,23H,2H2,1H3. The quantitative estimate of drug-likeness (QED) is 0.767. The molecule has 0 atom stereocenters. The zero-order valence-corrected chi connectivity index (χ0v) is 12.9. The molecule has 25 heavy (non-hydrogen) atoms. The highest BCUT2D eigenvalue weighted by Gasteiger charge is 2.31. The second-order valence-corrected chi connectivity index (χ2v) is 4.94. The van der Waals surface area contributed by atoms with E-state index in [1.54, 1.807) is 25.1 Å². The highest BCUT2D eigenvalue weighted by atomic mass is 19.4. The lowest BCUT2D eigenvalue weighted by Crippen LogP contribution is -2.05. The number of para-hydroxylation sites is 1. The molecular weight excluding hydrogens is 339 g/mol. The van der Waals surface area contributed by atoms with Crippen molar-refractivity contribution in [3.05, 3.63) is 42.1 Å². The summed E-state index contributed by atoms with van der Waals surface area (Å²) < 4.78 is 48.0. The predicted molar refractivity (Wildman–Crippen MR) is 80.8 cm³/mol. The molecule has 0 radical (unpaired) electrons. The maximum Gasteiger partial charge on any atom is 0.417 e. The molecule has 1 aromatic carbocycles. The third kappa shape index (κ3) is 3.39. The van der Waals surface area contributed by atoms with Gasteiger partial charge >= 0.3 is 6.18 Å². The second-order valence-electron chi connectivity index (χ2n) is 4.94. The van der Waals surface area contributed by atoms with Gasteiger partial charge in [-0.15, -0.1) is 0 Å². The second kappa shape index (κ2) is 6.42. The number of hydrogen-bond acceptors (Lipinski definition) is 6. The van der Waals surface area contributed by atoms with Crippen LogP contribution in [0.3, 0.4) is 0 Å². The predicted octanol–water partition coefficient (Wildman–Crippen LogP) is 3.92. The van der Waals surface area contributed by atoms with Crippen LogP contribution in [0.5, 0.6) is 11.5 Å². The summed E-state index contributed by atoms with van der Waals surface area (Å²) in [4.78, 5) is 7.77. The van der Waals surface area contributed by atoms with Gasteiger partial charge in [0, 0.05) is 6.20 Å². The molecule has 2 aromatic heterocycles. The van der Waals surface area contributed by atoms with E-state index in [9.17, 15) is 18.3 Å². The Morgan fingerprint density at radius 1 is 1.20 bits per heavy atom. The minimum atomic E-state index is -4.47. The van der Waals surface area contributed by atoms with Crippen LogP contribution < -0.4 is 4.74 Å².